The molecule has 0 unspecified atom stereocenters. The van der Waals surface area contributed by atoms with Gasteiger partial charge in [-0.25, -0.2) is 9.18 Å². The Hall–Kier alpha value is -4.20. The van der Waals surface area contributed by atoms with Gasteiger partial charge in [0.15, 0.2) is 11.6 Å². The Morgan fingerprint density at radius 1 is 1.02 bits per heavy atom. The van der Waals surface area contributed by atoms with Crippen LogP contribution in [0.1, 0.15) is 29.5 Å². The Labute approximate surface area is 249 Å². The molecule has 0 spiro atoms. The molecule has 1 amide bonds. The van der Waals surface area contributed by atoms with E-state index in [-0.39, 0.29) is 11.9 Å². The number of carbonyl (C=O) groups is 1. The summed E-state index contributed by atoms with van der Waals surface area (Å²) in [5, 5.41) is 15.4. The second-order valence-electron chi connectivity index (χ2n) is 10.3. The first-order valence-electron chi connectivity index (χ1n) is 14.2. The maximum atomic E-state index is 13.5. The number of nitrogens with one attached hydrogen (secondary N) is 2. The normalized spacial score (nSPS) is 14.5. The number of benzene rings is 2. The summed E-state index contributed by atoms with van der Waals surface area (Å²) in [6.45, 7) is 19.4. The van der Waals surface area contributed by atoms with E-state index in [9.17, 15) is 14.3 Å². The first-order chi connectivity index (χ1) is 20.3. The second-order valence-corrected chi connectivity index (χ2v) is 10.3. The van der Waals surface area contributed by atoms with E-state index in [4.69, 9.17) is 4.74 Å². The summed E-state index contributed by atoms with van der Waals surface area (Å²) >= 11 is 0. The first-order valence-corrected chi connectivity index (χ1v) is 14.2. The zero-order chi connectivity index (χ0) is 30.3. The molecular weight excluding hydrogens is 529 g/mol. The van der Waals surface area contributed by atoms with Crippen LogP contribution in [0.2, 0.25) is 0 Å². The Bertz CT molecular complexity index is 1310. The third-order valence-electron chi connectivity index (χ3n) is 7.15. The molecule has 0 aromatic heterocycles. The molecule has 1 saturated heterocycles. The number of alkyl carbamates (subject to hydrolysis) is 1. The number of amides is 1. The van der Waals surface area contributed by atoms with Crippen LogP contribution in [0.5, 0.6) is 5.75 Å². The lowest BCUT2D eigenvalue weighted by Crippen LogP contribution is -2.40. The van der Waals surface area contributed by atoms with Gasteiger partial charge in [0.25, 0.3) is 0 Å². The molecule has 222 valence electrons. The Morgan fingerprint density at radius 2 is 1.69 bits per heavy atom. The number of halogens is 1. The van der Waals surface area contributed by atoms with Crippen molar-refractivity contribution in [2.75, 3.05) is 26.2 Å². The number of phenolic OH excluding ortho intramolecular Hbond substituents is 1. The van der Waals surface area contributed by atoms with Crippen LogP contribution in [-0.2, 0) is 24.1 Å². The van der Waals surface area contributed by atoms with Crippen LogP contribution in [0, 0.1) is 5.82 Å². The van der Waals surface area contributed by atoms with Crippen molar-refractivity contribution in [2.24, 2.45) is 0 Å². The molecule has 6 nitrogen and oxygen atoms in total. The van der Waals surface area contributed by atoms with E-state index in [0.717, 1.165) is 57.4 Å². The third-order valence-corrected chi connectivity index (χ3v) is 7.15. The van der Waals surface area contributed by atoms with Gasteiger partial charge >= 0.3 is 6.09 Å². The maximum absolute atomic E-state index is 13.5. The fourth-order valence-corrected chi connectivity index (χ4v) is 4.62. The average molecular weight is 572 g/mol. The number of allylic oxidation sites excluding steroid dienone is 6. The number of aromatic hydroxyl groups is 1. The van der Waals surface area contributed by atoms with Crippen LogP contribution in [0.15, 0.2) is 116 Å². The molecule has 0 bridgehead atoms. The van der Waals surface area contributed by atoms with Crippen molar-refractivity contribution in [1.29, 1.82) is 0 Å². The number of piperidine rings is 1. The fourth-order valence-electron chi connectivity index (χ4n) is 4.62. The molecule has 2 aromatic rings. The molecule has 2 aromatic carbocycles. The van der Waals surface area contributed by atoms with Gasteiger partial charge in [-0.2, -0.15) is 0 Å². The molecule has 3 N–H and O–H groups in total. The molecule has 1 fully saturated rings. The van der Waals surface area contributed by atoms with Crippen LogP contribution >= 0.6 is 0 Å². The van der Waals surface area contributed by atoms with Crippen LogP contribution in [0.3, 0.4) is 0 Å². The molecule has 3 rings (SSSR count). The van der Waals surface area contributed by atoms with E-state index in [2.05, 4.69) is 66.1 Å². The monoisotopic (exact) mass is 571 g/mol. The van der Waals surface area contributed by atoms with E-state index >= 15 is 0 Å². The lowest BCUT2D eigenvalue weighted by atomic mass is 10.0. The van der Waals surface area contributed by atoms with Gasteiger partial charge in [0.05, 0.1) is 5.70 Å². The van der Waals surface area contributed by atoms with Crippen molar-refractivity contribution in [3.05, 3.63) is 139 Å². The first kappa shape index (κ1) is 32.3. The predicted octanol–water partition coefficient (Wildman–Crippen LogP) is 6.52. The predicted molar refractivity (Wildman–Crippen MR) is 169 cm³/mol. The number of rotatable bonds is 15. The third kappa shape index (κ3) is 10.7. The van der Waals surface area contributed by atoms with Crippen molar-refractivity contribution in [2.45, 2.75) is 38.3 Å². The summed E-state index contributed by atoms with van der Waals surface area (Å²) in [7, 11) is 0. The highest BCUT2D eigenvalue weighted by atomic mass is 19.1. The Morgan fingerprint density at radius 3 is 2.33 bits per heavy atom. The van der Waals surface area contributed by atoms with Crippen LogP contribution in [0.25, 0.3) is 0 Å². The summed E-state index contributed by atoms with van der Waals surface area (Å²) in [4.78, 5) is 15.0. The minimum absolute atomic E-state index is 0.135. The van der Waals surface area contributed by atoms with Crippen molar-refractivity contribution in [3.63, 3.8) is 0 Å². The summed E-state index contributed by atoms with van der Waals surface area (Å²) < 4.78 is 19.1. The summed E-state index contributed by atoms with van der Waals surface area (Å²) in [6.07, 6.45) is 11.2. The highest BCUT2D eigenvalue weighted by Gasteiger charge is 2.23. The molecule has 42 heavy (non-hydrogen) atoms. The SMILES string of the molecule is C=C/C=C\C(=C)C(=C)/C(=C\C=C)NC(=O)OC1CCN(CCc2ccc(CCNCc3ccc(O)c(F)c3)cc2)CC1. The quantitative estimate of drug-likeness (QED) is 0.168. The standard InChI is InChI=1S/C35H42FN3O3/c1-5-7-9-26(3)27(4)33(8-6-2)38-35(41)42-31-18-22-39(23-19-31)21-17-29-12-10-28(11-13-29)16-20-37-25-30-14-15-34(40)32(36)24-30/h5-15,24,31,37,40H,1-4,16-23,25H2,(H,38,41)/b9-7-,33-8+. The minimum Gasteiger partial charge on any atom is -0.505 e. The van der Waals surface area contributed by atoms with Gasteiger partial charge in [0.2, 0.25) is 0 Å². The van der Waals surface area contributed by atoms with Crippen molar-refractivity contribution < 1.29 is 19.0 Å². The van der Waals surface area contributed by atoms with Gasteiger partial charge in [-0.15, -0.1) is 0 Å². The van der Waals surface area contributed by atoms with Crippen molar-refractivity contribution in [3.8, 4) is 5.75 Å². The van der Waals surface area contributed by atoms with E-state index in [1.165, 1.54) is 23.3 Å². The maximum Gasteiger partial charge on any atom is 0.411 e. The van der Waals surface area contributed by atoms with Crippen molar-refractivity contribution in [1.82, 2.24) is 15.5 Å². The molecule has 1 aliphatic heterocycles. The van der Waals surface area contributed by atoms with Gasteiger partial charge in [0.1, 0.15) is 6.10 Å². The topological polar surface area (TPSA) is 73.8 Å². The Balaban J connectivity index is 1.34. The number of carbonyl (C=O) groups excluding carboxylic acids is 1. The second kappa shape index (κ2) is 16.9. The zero-order valence-electron chi connectivity index (χ0n) is 24.3. The lowest BCUT2D eigenvalue weighted by molar-refractivity contribution is 0.0527. The van der Waals surface area contributed by atoms with Crippen LogP contribution < -0.4 is 10.6 Å². The fraction of sp³-hybridized carbons (Fsp3) is 0.286. The van der Waals surface area contributed by atoms with Gasteiger partial charge in [-0.3, -0.25) is 5.32 Å². The number of nitrogens with zero attached hydrogens (tertiary/aromatic N) is 1. The van der Waals surface area contributed by atoms with Crippen LogP contribution in [0.4, 0.5) is 9.18 Å². The highest BCUT2D eigenvalue weighted by Crippen LogP contribution is 2.19. The highest BCUT2D eigenvalue weighted by molar-refractivity contribution is 5.72. The number of phenols is 1. The zero-order valence-corrected chi connectivity index (χ0v) is 24.3. The molecule has 0 aliphatic carbocycles. The number of likely N-dealkylation sites (tertiary alicyclic amines) is 1. The largest absolute Gasteiger partial charge is 0.505 e. The van der Waals surface area contributed by atoms with E-state index in [0.29, 0.717) is 23.4 Å². The van der Waals surface area contributed by atoms with Gasteiger partial charge in [-0.05, 0) is 78.3 Å². The molecular formula is C35H42FN3O3. The molecule has 0 radical (unpaired) electrons. The number of ether oxygens (including phenoxy) is 1. The molecule has 0 atom stereocenters. The van der Waals surface area contributed by atoms with E-state index < -0.39 is 11.9 Å². The molecule has 1 aliphatic rings. The average Bonchev–Trinajstić information content (AvgIpc) is 2.99. The lowest BCUT2D eigenvalue weighted by Gasteiger charge is -2.31. The van der Waals surface area contributed by atoms with Gasteiger partial charge in [0, 0.05) is 26.2 Å². The minimum atomic E-state index is -0.598. The van der Waals surface area contributed by atoms with E-state index in [1.807, 2.05) is 0 Å². The summed E-state index contributed by atoms with van der Waals surface area (Å²) in [5.41, 5.74) is 5.06. The summed E-state index contributed by atoms with van der Waals surface area (Å²) in [5.74, 6) is -0.924. The number of hydrogen-bond acceptors (Lipinski definition) is 5. The van der Waals surface area contributed by atoms with Crippen molar-refractivity contribution >= 4 is 6.09 Å². The summed E-state index contributed by atoms with van der Waals surface area (Å²) in [6, 6.07) is 13.1. The van der Waals surface area contributed by atoms with Gasteiger partial charge < -0.3 is 20.1 Å². The number of hydrogen-bond donors (Lipinski definition) is 3. The smallest absolute Gasteiger partial charge is 0.411 e. The molecule has 0 saturated carbocycles. The molecule has 1 heterocycles. The van der Waals surface area contributed by atoms with Crippen LogP contribution in [-0.4, -0.2) is 48.4 Å². The van der Waals surface area contributed by atoms with Gasteiger partial charge in [-0.1, -0.05) is 81.0 Å². The Kier molecular flexibility index (Phi) is 13.0. The molecule has 7 heteroatoms. The van der Waals surface area contributed by atoms with E-state index in [1.54, 1.807) is 36.4 Å².